The van der Waals surface area contributed by atoms with Gasteiger partial charge in [-0.1, -0.05) is 0 Å². The minimum absolute atomic E-state index is 0.0816. The van der Waals surface area contributed by atoms with Gasteiger partial charge < -0.3 is 11.1 Å². The second kappa shape index (κ2) is 4.98. The molecule has 1 saturated carbocycles. The first-order valence-electron chi connectivity index (χ1n) is 5.75. The van der Waals surface area contributed by atoms with Gasteiger partial charge in [0.25, 0.3) is 5.91 Å². The van der Waals surface area contributed by atoms with Crippen molar-refractivity contribution < 1.29 is 4.79 Å². The molecule has 0 saturated heterocycles. The Hall–Kier alpha value is -1.86. The van der Waals surface area contributed by atoms with Crippen LogP contribution in [-0.4, -0.2) is 18.5 Å². The molecule has 0 aliphatic heterocycles. The third-order valence-electron chi connectivity index (χ3n) is 3.04. The van der Waals surface area contributed by atoms with Crippen molar-refractivity contribution in [3.8, 4) is 6.07 Å². The van der Waals surface area contributed by atoms with Gasteiger partial charge in [-0.15, -0.1) is 0 Å². The number of rotatable bonds is 4. The topological polar surface area (TPSA) is 78.9 Å². The maximum Gasteiger partial charge on any atom is 0.251 e. The predicted octanol–water partition coefficient (Wildman–Crippen LogP) is 1.03. The number of carbonyl (C=O) groups excluding carboxylic acids is 1. The van der Waals surface area contributed by atoms with Crippen molar-refractivity contribution in [1.29, 1.82) is 5.26 Å². The zero-order chi connectivity index (χ0) is 12.3. The molecule has 1 amide bonds. The number of carbonyl (C=O) groups is 1. The number of nitrogens with two attached hydrogens (primary N) is 1. The number of nitriles is 1. The lowest BCUT2D eigenvalue weighted by atomic mass is 10.1. The van der Waals surface area contributed by atoms with Crippen molar-refractivity contribution in [2.75, 3.05) is 6.54 Å². The molecule has 0 bridgehead atoms. The van der Waals surface area contributed by atoms with Crippen LogP contribution in [0.5, 0.6) is 0 Å². The van der Waals surface area contributed by atoms with Gasteiger partial charge in [0.2, 0.25) is 0 Å². The normalized spacial score (nSPS) is 16.0. The van der Waals surface area contributed by atoms with E-state index in [0.717, 1.165) is 12.8 Å². The van der Waals surface area contributed by atoms with Gasteiger partial charge >= 0.3 is 0 Å². The molecule has 17 heavy (non-hydrogen) atoms. The van der Waals surface area contributed by atoms with Crippen LogP contribution in [0.25, 0.3) is 0 Å². The van der Waals surface area contributed by atoms with E-state index in [0.29, 0.717) is 23.6 Å². The number of hydrogen-bond donors (Lipinski definition) is 2. The minimum Gasteiger partial charge on any atom is -0.348 e. The van der Waals surface area contributed by atoms with Crippen LogP contribution in [0.1, 0.15) is 28.8 Å². The van der Waals surface area contributed by atoms with Crippen LogP contribution < -0.4 is 11.1 Å². The zero-order valence-electron chi connectivity index (χ0n) is 9.52. The molecule has 1 aromatic carbocycles. The van der Waals surface area contributed by atoms with Gasteiger partial charge in [-0.05, 0) is 43.0 Å². The zero-order valence-corrected chi connectivity index (χ0v) is 9.52. The van der Waals surface area contributed by atoms with Crippen LogP contribution in [-0.2, 0) is 0 Å². The molecule has 1 aliphatic carbocycles. The Morgan fingerprint density at radius 2 is 2.12 bits per heavy atom. The largest absolute Gasteiger partial charge is 0.348 e. The van der Waals surface area contributed by atoms with Crippen molar-refractivity contribution in [3.63, 3.8) is 0 Å². The molecule has 4 nitrogen and oxygen atoms in total. The van der Waals surface area contributed by atoms with Gasteiger partial charge in [0.1, 0.15) is 0 Å². The van der Waals surface area contributed by atoms with E-state index < -0.39 is 0 Å². The average molecular weight is 229 g/mol. The Morgan fingerprint density at radius 3 is 2.59 bits per heavy atom. The van der Waals surface area contributed by atoms with E-state index in [1.54, 1.807) is 24.3 Å². The Kier molecular flexibility index (Phi) is 3.40. The molecular formula is C13H15N3O. The van der Waals surface area contributed by atoms with E-state index >= 15 is 0 Å². The summed E-state index contributed by atoms with van der Waals surface area (Å²) in [7, 11) is 0. The van der Waals surface area contributed by atoms with Crippen LogP contribution in [0.2, 0.25) is 0 Å². The minimum atomic E-state index is -0.114. The summed E-state index contributed by atoms with van der Waals surface area (Å²) >= 11 is 0. The molecule has 4 heteroatoms. The SMILES string of the molecule is N#Cc1ccc(C(=O)NC(CN)C2CC2)cc1. The summed E-state index contributed by atoms with van der Waals surface area (Å²) in [6, 6.07) is 8.71. The van der Waals surface area contributed by atoms with E-state index in [-0.39, 0.29) is 11.9 Å². The van der Waals surface area contributed by atoms with E-state index in [1.807, 2.05) is 6.07 Å². The summed E-state index contributed by atoms with van der Waals surface area (Å²) in [5, 5.41) is 11.6. The number of nitrogens with one attached hydrogen (secondary N) is 1. The second-order valence-corrected chi connectivity index (χ2v) is 4.34. The van der Waals surface area contributed by atoms with Crippen molar-refractivity contribution >= 4 is 5.91 Å². The number of amides is 1. The predicted molar refractivity (Wildman–Crippen MR) is 64.2 cm³/mol. The number of nitrogens with zero attached hydrogens (tertiary/aromatic N) is 1. The highest BCUT2D eigenvalue weighted by Crippen LogP contribution is 2.32. The second-order valence-electron chi connectivity index (χ2n) is 4.34. The first-order chi connectivity index (χ1) is 8.24. The molecule has 3 N–H and O–H groups in total. The maximum absolute atomic E-state index is 11.9. The molecule has 0 spiro atoms. The van der Waals surface area contributed by atoms with Crippen molar-refractivity contribution in [2.24, 2.45) is 11.7 Å². The summed E-state index contributed by atoms with van der Waals surface area (Å²) < 4.78 is 0. The third-order valence-corrected chi connectivity index (χ3v) is 3.04. The molecule has 1 aliphatic rings. The van der Waals surface area contributed by atoms with Crippen LogP contribution in [0.4, 0.5) is 0 Å². The van der Waals surface area contributed by atoms with Crippen molar-refractivity contribution in [2.45, 2.75) is 18.9 Å². The molecule has 0 aromatic heterocycles. The Morgan fingerprint density at radius 1 is 1.47 bits per heavy atom. The van der Waals surface area contributed by atoms with Gasteiger partial charge in [0, 0.05) is 18.2 Å². The molecule has 2 rings (SSSR count). The first kappa shape index (κ1) is 11.6. The van der Waals surface area contributed by atoms with Crippen molar-refractivity contribution in [3.05, 3.63) is 35.4 Å². The Bertz CT molecular complexity index is 443. The lowest BCUT2D eigenvalue weighted by molar-refractivity contribution is 0.0933. The quantitative estimate of drug-likeness (QED) is 0.809. The van der Waals surface area contributed by atoms with Crippen LogP contribution >= 0.6 is 0 Å². The highest BCUT2D eigenvalue weighted by molar-refractivity contribution is 5.94. The summed E-state index contributed by atoms with van der Waals surface area (Å²) in [5.74, 6) is 0.430. The summed E-state index contributed by atoms with van der Waals surface area (Å²) in [6.45, 7) is 0.479. The monoisotopic (exact) mass is 229 g/mol. The fourth-order valence-electron chi connectivity index (χ4n) is 1.82. The smallest absolute Gasteiger partial charge is 0.251 e. The van der Waals surface area contributed by atoms with Gasteiger partial charge in [0.05, 0.1) is 11.6 Å². The number of benzene rings is 1. The van der Waals surface area contributed by atoms with Crippen LogP contribution in [0, 0.1) is 17.2 Å². The van der Waals surface area contributed by atoms with Gasteiger partial charge in [-0.2, -0.15) is 5.26 Å². The first-order valence-corrected chi connectivity index (χ1v) is 5.75. The molecule has 0 radical (unpaired) electrons. The van der Waals surface area contributed by atoms with E-state index in [9.17, 15) is 4.79 Å². The fourth-order valence-corrected chi connectivity index (χ4v) is 1.82. The standard InChI is InChI=1S/C13H15N3O/c14-7-9-1-3-11(4-2-9)13(17)16-12(8-15)10-5-6-10/h1-4,10,12H,5-6,8,15H2,(H,16,17). The molecular weight excluding hydrogens is 214 g/mol. The molecule has 1 atom stereocenters. The number of hydrogen-bond acceptors (Lipinski definition) is 3. The van der Waals surface area contributed by atoms with Crippen LogP contribution in [0.3, 0.4) is 0 Å². The molecule has 88 valence electrons. The third kappa shape index (κ3) is 2.83. The summed E-state index contributed by atoms with van der Waals surface area (Å²) in [6.07, 6.45) is 2.30. The van der Waals surface area contributed by atoms with E-state index in [4.69, 9.17) is 11.0 Å². The highest BCUT2D eigenvalue weighted by Gasteiger charge is 2.31. The Balaban J connectivity index is 2.01. The van der Waals surface area contributed by atoms with E-state index in [1.165, 1.54) is 0 Å². The van der Waals surface area contributed by atoms with Crippen molar-refractivity contribution in [1.82, 2.24) is 5.32 Å². The van der Waals surface area contributed by atoms with Gasteiger partial charge in [-0.3, -0.25) is 4.79 Å². The lowest BCUT2D eigenvalue weighted by Gasteiger charge is -2.15. The van der Waals surface area contributed by atoms with Gasteiger partial charge in [-0.25, -0.2) is 0 Å². The average Bonchev–Trinajstić information content (AvgIpc) is 3.20. The summed E-state index contributed by atoms with van der Waals surface area (Å²) in [5.41, 5.74) is 6.75. The highest BCUT2D eigenvalue weighted by atomic mass is 16.1. The summed E-state index contributed by atoms with van der Waals surface area (Å²) in [4.78, 5) is 11.9. The Labute approximate surface area is 100 Å². The molecule has 1 unspecified atom stereocenters. The lowest BCUT2D eigenvalue weighted by Crippen LogP contribution is -2.41. The van der Waals surface area contributed by atoms with Crippen LogP contribution in [0.15, 0.2) is 24.3 Å². The fraction of sp³-hybridized carbons (Fsp3) is 0.385. The van der Waals surface area contributed by atoms with E-state index in [2.05, 4.69) is 5.32 Å². The van der Waals surface area contributed by atoms with Gasteiger partial charge in [0.15, 0.2) is 0 Å². The molecule has 0 heterocycles. The molecule has 1 fully saturated rings. The molecule has 1 aromatic rings. The maximum atomic E-state index is 11.9.